The summed E-state index contributed by atoms with van der Waals surface area (Å²) in [5.41, 5.74) is 0. The third-order valence-corrected chi connectivity index (χ3v) is 4.08. The second kappa shape index (κ2) is 7.83. The number of sulfone groups is 1. The van der Waals surface area contributed by atoms with E-state index in [1.165, 1.54) is 4.90 Å². The lowest BCUT2D eigenvalue weighted by Crippen LogP contribution is -2.46. The third kappa shape index (κ3) is 6.50. The van der Waals surface area contributed by atoms with Crippen molar-refractivity contribution in [3.05, 3.63) is 0 Å². The van der Waals surface area contributed by atoms with E-state index < -0.39 is 45.2 Å². The Morgan fingerprint density at radius 1 is 1.20 bits per heavy atom. The quantitative estimate of drug-likeness (QED) is 0.584. The number of hydrogen-bond donors (Lipinski definition) is 2. The molecule has 0 aromatic carbocycles. The van der Waals surface area contributed by atoms with Gasteiger partial charge in [-0.25, -0.2) is 13.2 Å². The zero-order valence-electron chi connectivity index (χ0n) is 11.7. The summed E-state index contributed by atoms with van der Waals surface area (Å²) in [4.78, 5) is 34.7. The Morgan fingerprint density at radius 3 is 2.05 bits per heavy atom. The number of carboxylic acid groups (broad SMARTS) is 1. The summed E-state index contributed by atoms with van der Waals surface area (Å²) in [6.07, 6.45) is 0. The largest absolute Gasteiger partial charge is 0.480 e. The number of nitrogens with one attached hydrogen (secondary N) is 1. The minimum atomic E-state index is -3.92. The Morgan fingerprint density at radius 2 is 1.70 bits per heavy atom. The van der Waals surface area contributed by atoms with Crippen LogP contribution in [0.5, 0.6) is 0 Å². The third-order valence-electron chi connectivity index (χ3n) is 2.56. The van der Waals surface area contributed by atoms with Crippen LogP contribution in [0.1, 0.15) is 20.8 Å². The van der Waals surface area contributed by atoms with Gasteiger partial charge >= 0.3 is 5.97 Å². The standard InChI is InChI=1S/C11H20N2O6S/c1-4-13(5-2)10(15)7-20(18,19)6-9(11(16)17)12-8(3)14/h9H,4-7H2,1-3H3,(H,12,14)(H,16,17)/t9-/m0/s1. The number of amides is 2. The fraction of sp³-hybridized carbons (Fsp3) is 0.727. The molecule has 0 saturated carbocycles. The van der Waals surface area contributed by atoms with Gasteiger partial charge in [-0.2, -0.15) is 0 Å². The monoisotopic (exact) mass is 308 g/mol. The van der Waals surface area contributed by atoms with Crippen molar-refractivity contribution >= 4 is 27.6 Å². The molecule has 0 fully saturated rings. The summed E-state index contributed by atoms with van der Waals surface area (Å²) < 4.78 is 23.6. The predicted molar refractivity (Wildman–Crippen MR) is 71.8 cm³/mol. The van der Waals surface area contributed by atoms with Crippen LogP contribution < -0.4 is 5.32 Å². The Balaban J connectivity index is 4.83. The number of carbonyl (C=O) groups excluding carboxylic acids is 2. The lowest BCUT2D eigenvalue weighted by molar-refractivity contribution is -0.140. The predicted octanol–water partition coefficient (Wildman–Crippen LogP) is -1.14. The summed E-state index contributed by atoms with van der Waals surface area (Å²) >= 11 is 0. The number of carbonyl (C=O) groups is 3. The van der Waals surface area contributed by atoms with Gasteiger partial charge in [0.1, 0.15) is 11.8 Å². The van der Waals surface area contributed by atoms with Crippen LogP contribution in [0.25, 0.3) is 0 Å². The molecule has 0 unspecified atom stereocenters. The first-order chi connectivity index (χ1) is 9.12. The van der Waals surface area contributed by atoms with E-state index in [9.17, 15) is 22.8 Å². The van der Waals surface area contributed by atoms with Gasteiger partial charge in [0.25, 0.3) is 0 Å². The van der Waals surface area contributed by atoms with Gasteiger partial charge in [0.2, 0.25) is 11.8 Å². The molecular weight excluding hydrogens is 288 g/mol. The maximum absolute atomic E-state index is 11.8. The SMILES string of the molecule is CCN(CC)C(=O)CS(=O)(=O)C[C@H](NC(C)=O)C(=O)O. The number of carboxylic acids is 1. The molecule has 9 heteroatoms. The molecule has 2 N–H and O–H groups in total. The van der Waals surface area contributed by atoms with E-state index in [2.05, 4.69) is 0 Å². The van der Waals surface area contributed by atoms with Crippen LogP contribution >= 0.6 is 0 Å². The molecule has 0 bridgehead atoms. The number of rotatable bonds is 8. The van der Waals surface area contributed by atoms with Crippen LogP contribution in [0, 0.1) is 0 Å². The summed E-state index contributed by atoms with van der Waals surface area (Å²) in [7, 11) is -3.92. The van der Waals surface area contributed by atoms with E-state index in [1.807, 2.05) is 5.32 Å². The van der Waals surface area contributed by atoms with Crippen molar-refractivity contribution in [1.29, 1.82) is 0 Å². The Kier molecular flexibility index (Phi) is 7.19. The van der Waals surface area contributed by atoms with Crippen LogP contribution in [-0.4, -0.2) is 66.8 Å². The molecule has 0 aromatic rings. The summed E-state index contributed by atoms with van der Waals surface area (Å²) in [6.45, 7) is 5.26. The maximum atomic E-state index is 11.8. The molecular formula is C11H20N2O6S. The molecule has 1 atom stereocenters. The van der Waals surface area contributed by atoms with Crippen molar-refractivity contribution in [3.8, 4) is 0 Å². The van der Waals surface area contributed by atoms with Gasteiger partial charge < -0.3 is 15.3 Å². The van der Waals surface area contributed by atoms with Gasteiger partial charge in [-0.3, -0.25) is 9.59 Å². The molecule has 0 aliphatic rings. The minimum Gasteiger partial charge on any atom is -0.480 e. The highest BCUT2D eigenvalue weighted by Gasteiger charge is 2.28. The first-order valence-corrected chi connectivity index (χ1v) is 7.93. The molecule has 0 heterocycles. The number of hydrogen-bond acceptors (Lipinski definition) is 5. The van der Waals surface area contributed by atoms with Crippen molar-refractivity contribution in [2.45, 2.75) is 26.8 Å². The first kappa shape index (κ1) is 18.4. The average molecular weight is 308 g/mol. The summed E-state index contributed by atoms with van der Waals surface area (Å²) in [5.74, 6) is -4.27. The molecule has 0 spiro atoms. The highest BCUT2D eigenvalue weighted by atomic mass is 32.2. The molecule has 0 aliphatic heterocycles. The van der Waals surface area contributed by atoms with Crippen LogP contribution in [0.15, 0.2) is 0 Å². The highest BCUT2D eigenvalue weighted by Crippen LogP contribution is 2.00. The van der Waals surface area contributed by atoms with Crippen molar-refractivity contribution in [3.63, 3.8) is 0 Å². The maximum Gasteiger partial charge on any atom is 0.327 e. The van der Waals surface area contributed by atoms with E-state index in [0.29, 0.717) is 13.1 Å². The molecule has 20 heavy (non-hydrogen) atoms. The molecule has 8 nitrogen and oxygen atoms in total. The Labute approximate surface area is 118 Å². The van der Waals surface area contributed by atoms with Gasteiger partial charge in [0, 0.05) is 20.0 Å². The van der Waals surface area contributed by atoms with Gasteiger partial charge in [-0.05, 0) is 13.8 Å². The second-order valence-corrected chi connectivity index (χ2v) is 6.32. The molecule has 0 aromatic heterocycles. The van der Waals surface area contributed by atoms with E-state index in [0.717, 1.165) is 6.92 Å². The Hall–Kier alpha value is -1.64. The molecule has 0 radical (unpaired) electrons. The van der Waals surface area contributed by atoms with Gasteiger partial charge in [0.05, 0.1) is 5.75 Å². The molecule has 2 amide bonds. The minimum absolute atomic E-state index is 0.374. The fourth-order valence-corrected chi connectivity index (χ4v) is 3.00. The smallest absolute Gasteiger partial charge is 0.327 e. The molecule has 0 aliphatic carbocycles. The number of nitrogens with zero attached hydrogens (tertiary/aromatic N) is 1. The zero-order valence-corrected chi connectivity index (χ0v) is 12.6. The Bertz CT molecular complexity index is 469. The second-order valence-electron chi connectivity index (χ2n) is 4.21. The zero-order chi connectivity index (χ0) is 15.9. The van der Waals surface area contributed by atoms with E-state index in [4.69, 9.17) is 5.11 Å². The average Bonchev–Trinajstić information content (AvgIpc) is 2.27. The first-order valence-electron chi connectivity index (χ1n) is 6.11. The van der Waals surface area contributed by atoms with Crippen LogP contribution in [0.3, 0.4) is 0 Å². The topological polar surface area (TPSA) is 121 Å². The number of aliphatic carboxylic acids is 1. The van der Waals surface area contributed by atoms with Crippen molar-refractivity contribution in [1.82, 2.24) is 10.2 Å². The molecule has 0 rings (SSSR count). The van der Waals surface area contributed by atoms with Crippen molar-refractivity contribution < 1.29 is 27.9 Å². The molecule has 0 saturated heterocycles. The van der Waals surface area contributed by atoms with Crippen LogP contribution in [-0.2, 0) is 24.2 Å². The summed E-state index contributed by atoms with van der Waals surface area (Å²) in [5, 5.41) is 10.9. The van der Waals surface area contributed by atoms with Crippen molar-refractivity contribution in [2.24, 2.45) is 0 Å². The van der Waals surface area contributed by atoms with Crippen LogP contribution in [0.4, 0.5) is 0 Å². The van der Waals surface area contributed by atoms with Crippen molar-refractivity contribution in [2.75, 3.05) is 24.6 Å². The van der Waals surface area contributed by atoms with Gasteiger partial charge in [-0.15, -0.1) is 0 Å². The van der Waals surface area contributed by atoms with Crippen LogP contribution in [0.2, 0.25) is 0 Å². The van der Waals surface area contributed by atoms with E-state index in [1.54, 1.807) is 13.8 Å². The van der Waals surface area contributed by atoms with E-state index in [-0.39, 0.29) is 0 Å². The van der Waals surface area contributed by atoms with Gasteiger partial charge in [-0.1, -0.05) is 0 Å². The lowest BCUT2D eigenvalue weighted by atomic mass is 10.3. The lowest BCUT2D eigenvalue weighted by Gasteiger charge is -2.19. The highest BCUT2D eigenvalue weighted by molar-refractivity contribution is 7.92. The molecule has 116 valence electrons. The summed E-state index contributed by atoms with van der Waals surface area (Å²) in [6, 6.07) is -1.55. The normalized spacial score (nSPS) is 12.6. The van der Waals surface area contributed by atoms with Gasteiger partial charge in [0.15, 0.2) is 9.84 Å². The fourth-order valence-electron chi connectivity index (χ4n) is 1.59. The van der Waals surface area contributed by atoms with E-state index >= 15 is 0 Å².